The third-order valence-electron chi connectivity index (χ3n) is 10.5. The molecule has 0 amide bonds. The number of ketones is 1. The minimum Gasteiger partial charge on any atom is -0.455 e. The van der Waals surface area contributed by atoms with Crippen molar-refractivity contribution >= 4 is 177 Å². The number of Topliss-reactive ketones (excluding diaryl/α,β-unsaturated/α-hetero) is 1. The minimum absolute atomic E-state index is 0.0221. The third kappa shape index (κ3) is 9.10. The molecule has 1 N–H and O–H groups in total. The van der Waals surface area contributed by atoms with E-state index in [1.54, 1.807) is 36.4 Å². The molecule has 0 aliphatic heterocycles. The second-order valence-corrected chi connectivity index (χ2v) is 24.3. The van der Waals surface area contributed by atoms with E-state index >= 15 is 0 Å². The number of benzene rings is 3. The minimum atomic E-state index is -6.04. The number of esters is 3. The van der Waals surface area contributed by atoms with Crippen molar-refractivity contribution in [3.63, 3.8) is 0 Å². The summed E-state index contributed by atoms with van der Waals surface area (Å²) in [5.41, 5.74) is -6.19. The second kappa shape index (κ2) is 16.8. The van der Waals surface area contributed by atoms with Gasteiger partial charge in [-0.1, -0.05) is 47.8 Å². The predicted molar refractivity (Wildman–Crippen MR) is 238 cm³/mol. The lowest BCUT2D eigenvalue weighted by molar-refractivity contribution is -0.262. The molecule has 3 aromatic rings. The first-order valence-electron chi connectivity index (χ1n) is 16.7. The molecule has 4 aliphatic carbocycles. The van der Waals surface area contributed by atoms with Gasteiger partial charge in [-0.15, -0.1) is 0 Å². The Kier molecular flexibility index (Phi) is 13.7. The van der Waals surface area contributed by atoms with E-state index < -0.39 is 67.2 Å². The van der Waals surface area contributed by atoms with Crippen LogP contribution in [-0.2, 0) is 29.1 Å². The van der Waals surface area contributed by atoms with Gasteiger partial charge in [-0.2, -0.15) is 17.2 Å². The molecule has 10 nitrogen and oxygen atoms in total. The lowest BCUT2D eigenvalue weighted by atomic mass is 9.40. The Morgan fingerprint density at radius 2 is 1.02 bits per heavy atom. The fourth-order valence-corrected chi connectivity index (χ4v) is 17.4. The van der Waals surface area contributed by atoms with Gasteiger partial charge in [0.05, 0.1) is 16.5 Å². The van der Waals surface area contributed by atoms with Gasteiger partial charge in [0, 0.05) is 71.5 Å². The van der Waals surface area contributed by atoms with Crippen molar-refractivity contribution in [2.75, 3.05) is 0 Å². The molecule has 58 heavy (non-hydrogen) atoms. The van der Waals surface area contributed by atoms with Gasteiger partial charge in [0.25, 0.3) is 0 Å². The van der Waals surface area contributed by atoms with Gasteiger partial charge in [-0.05, 0) is 164 Å². The van der Waals surface area contributed by atoms with Crippen molar-refractivity contribution in [3.8, 4) is 0 Å². The van der Waals surface area contributed by atoms with Crippen molar-refractivity contribution in [3.05, 3.63) is 93.3 Å². The molecule has 4 fully saturated rings. The molecular weight excluding hydrogens is 1380 g/mol. The average Bonchev–Trinajstić information content (AvgIpc) is 3.01. The van der Waals surface area contributed by atoms with Crippen molar-refractivity contribution in [2.45, 2.75) is 74.4 Å². The topological polar surface area (TPSA) is 150 Å². The monoisotopic (exact) mass is 1400 g/mol. The Morgan fingerprint density at radius 1 is 0.655 bits per heavy atom. The lowest BCUT2D eigenvalue weighted by Gasteiger charge is -2.67. The van der Waals surface area contributed by atoms with Crippen LogP contribution >= 0.6 is 143 Å². The molecule has 22 heteroatoms. The number of carbonyl (C=O) groups excluding carboxylic acids is 4. The fourth-order valence-electron chi connectivity index (χ4n) is 9.05. The summed E-state index contributed by atoms with van der Waals surface area (Å²) in [4.78, 5) is 57.6. The zero-order valence-electron chi connectivity index (χ0n) is 29.2. The van der Waals surface area contributed by atoms with Gasteiger partial charge >= 0.3 is 33.3 Å². The molecule has 0 saturated heterocycles. The first-order chi connectivity index (χ1) is 26.7. The van der Waals surface area contributed by atoms with Crippen molar-refractivity contribution in [1.82, 2.24) is 0 Å². The number of ether oxygens (including phenoxy) is 3. The van der Waals surface area contributed by atoms with E-state index in [2.05, 4.69) is 143 Å². The summed E-state index contributed by atoms with van der Waals surface area (Å²) in [6.45, 7) is 0.616. The van der Waals surface area contributed by atoms with Crippen LogP contribution in [0.3, 0.4) is 0 Å². The van der Waals surface area contributed by atoms with Crippen LogP contribution in [0.2, 0.25) is 0 Å². The summed E-state index contributed by atoms with van der Waals surface area (Å²) in [7, 11) is -6.04. The summed E-state index contributed by atoms with van der Waals surface area (Å²) in [6.07, 6.45) is -4.03. The Labute approximate surface area is 406 Å². The summed E-state index contributed by atoms with van der Waals surface area (Å²) >= 11 is 30.7. The molecular formula is C36H25Br9F2O10S. The van der Waals surface area contributed by atoms with Crippen LogP contribution in [0.5, 0.6) is 0 Å². The highest BCUT2D eigenvalue weighted by Crippen LogP contribution is 2.71. The molecule has 3 unspecified atom stereocenters. The summed E-state index contributed by atoms with van der Waals surface area (Å²) in [6, 6.07) is 9.79. The number of hydrogen-bond acceptors (Lipinski definition) is 9. The van der Waals surface area contributed by atoms with Crippen molar-refractivity contribution < 1.29 is 55.1 Å². The summed E-state index contributed by atoms with van der Waals surface area (Å²) < 4.78 is 84.8. The maximum Gasteiger partial charge on any atom is 0.405 e. The Morgan fingerprint density at radius 3 is 1.38 bits per heavy atom. The average molecular weight is 1410 g/mol. The van der Waals surface area contributed by atoms with E-state index in [1.165, 1.54) is 0 Å². The lowest BCUT2D eigenvalue weighted by Crippen LogP contribution is -2.71. The van der Waals surface area contributed by atoms with Crippen LogP contribution in [0.15, 0.2) is 76.7 Å². The molecule has 7 rings (SSSR count). The van der Waals surface area contributed by atoms with Crippen LogP contribution in [-0.4, -0.2) is 59.2 Å². The van der Waals surface area contributed by atoms with Gasteiger partial charge in [-0.25, -0.2) is 9.59 Å². The molecule has 4 saturated carbocycles. The first kappa shape index (κ1) is 47.3. The molecule has 4 bridgehead atoms. The van der Waals surface area contributed by atoms with Crippen LogP contribution in [0.25, 0.3) is 0 Å². The maximum atomic E-state index is 14.9. The van der Waals surface area contributed by atoms with Gasteiger partial charge in [-0.3, -0.25) is 14.1 Å². The number of alkyl halides is 2. The number of carbonyl (C=O) groups is 4. The molecule has 0 aromatic heterocycles. The quantitative estimate of drug-likeness (QED) is 0.0850. The highest BCUT2D eigenvalue weighted by molar-refractivity contribution is 9.12. The highest BCUT2D eigenvalue weighted by Gasteiger charge is 2.74. The van der Waals surface area contributed by atoms with E-state index in [1.807, 2.05) is 0 Å². The zero-order chi connectivity index (χ0) is 43.1. The normalized spacial score (nSPS) is 25.6. The first-order valence-corrected chi connectivity index (χ1v) is 25.2. The largest absolute Gasteiger partial charge is 0.455 e. The summed E-state index contributed by atoms with van der Waals surface area (Å²) in [5, 5.41) is -4.91. The summed E-state index contributed by atoms with van der Waals surface area (Å²) in [5.74, 6) is -3.45. The Hall–Kier alpha value is -0.170. The molecule has 0 radical (unpaired) electrons. The van der Waals surface area contributed by atoms with Crippen molar-refractivity contribution in [2.24, 2.45) is 10.8 Å². The number of rotatable bonds is 11. The number of hydrogen-bond donors (Lipinski definition) is 1. The van der Waals surface area contributed by atoms with Gasteiger partial charge in [0.15, 0.2) is 11.9 Å². The third-order valence-corrected chi connectivity index (χ3v) is 16.6. The Balaban J connectivity index is 1.53. The van der Waals surface area contributed by atoms with Crippen LogP contribution in [0.1, 0.15) is 82.9 Å². The zero-order valence-corrected chi connectivity index (χ0v) is 44.3. The van der Waals surface area contributed by atoms with E-state index in [9.17, 15) is 40.9 Å². The van der Waals surface area contributed by atoms with E-state index in [4.69, 9.17) is 14.2 Å². The molecule has 3 atom stereocenters. The second-order valence-electron chi connectivity index (χ2n) is 14.9. The van der Waals surface area contributed by atoms with E-state index in [0.717, 1.165) is 0 Å². The van der Waals surface area contributed by atoms with E-state index in [0.29, 0.717) is 47.2 Å². The standard InChI is InChI=1S/C36H25Br9F2O10S/c1-15(36(46,47)58(52,53)54)55-31(51)33-9-32(8-25(48)26-19(40)2-16(37)3-20(26)41)10-34(12-33,56-29(49)27-21(42)4-17(38)5-22(27)43)14-35(11-32,13-33)57-30(50)28-23(44)6-18(39)7-24(28)45/h2-7,15H,8-14H2,1H3,(H,52,53,54). The molecule has 3 aromatic carbocycles. The van der Waals surface area contributed by atoms with Crippen LogP contribution in [0.4, 0.5) is 8.78 Å². The molecule has 4 aliphatic rings. The maximum absolute atomic E-state index is 14.9. The van der Waals surface area contributed by atoms with Gasteiger partial charge < -0.3 is 14.2 Å². The SMILES string of the molecule is CC(OC(=O)C12CC3(CC(=O)c4c(Br)cc(Br)cc4Br)CC(OC(=O)c4c(Br)cc(Br)cc4Br)(CC(OC(=O)c4c(Br)cc(Br)cc4Br)(C3)C1)C2)C(F)(F)S(=O)(=O)O. The number of halogens is 11. The Bertz CT molecular complexity index is 2130. The van der Waals surface area contributed by atoms with E-state index in [-0.39, 0.29) is 61.6 Å². The van der Waals surface area contributed by atoms with Gasteiger partial charge in [0.1, 0.15) is 11.2 Å². The van der Waals surface area contributed by atoms with Gasteiger partial charge in [0.2, 0.25) is 0 Å². The fraction of sp³-hybridized carbons (Fsp3) is 0.389. The highest BCUT2D eigenvalue weighted by atomic mass is 79.9. The van der Waals surface area contributed by atoms with Crippen LogP contribution < -0.4 is 0 Å². The molecule has 0 spiro atoms. The molecule has 312 valence electrons. The predicted octanol–water partition coefficient (Wildman–Crippen LogP) is 13.1. The van der Waals surface area contributed by atoms with Crippen molar-refractivity contribution in [1.29, 1.82) is 0 Å². The van der Waals surface area contributed by atoms with Crippen LogP contribution in [0, 0.1) is 10.8 Å². The molecule has 0 heterocycles. The smallest absolute Gasteiger partial charge is 0.405 e.